The summed E-state index contributed by atoms with van der Waals surface area (Å²) in [7, 11) is 0. The van der Waals surface area contributed by atoms with Crippen molar-refractivity contribution in [2.45, 2.75) is 25.7 Å². The van der Waals surface area contributed by atoms with E-state index in [0.717, 1.165) is 29.9 Å². The highest BCUT2D eigenvalue weighted by molar-refractivity contribution is 5.92. The monoisotopic (exact) mass is 280 g/mol. The van der Waals surface area contributed by atoms with E-state index in [1.807, 2.05) is 54.6 Å². The van der Waals surface area contributed by atoms with Crippen LogP contribution in [0.4, 0.5) is 17.1 Å². The molecule has 0 atom stereocenters. The predicted octanol–water partition coefficient (Wildman–Crippen LogP) is 4.56. The van der Waals surface area contributed by atoms with E-state index in [9.17, 15) is 4.79 Å². The van der Waals surface area contributed by atoms with Crippen molar-refractivity contribution in [2.24, 2.45) is 5.92 Å². The molecule has 0 spiro atoms. The second-order valence-electron chi connectivity index (χ2n) is 5.54. The maximum Gasteiger partial charge on any atom is 0.227 e. The van der Waals surface area contributed by atoms with Crippen molar-refractivity contribution in [2.75, 3.05) is 10.6 Å². The van der Waals surface area contributed by atoms with Crippen molar-refractivity contribution in [1.29, 1.82) is 0 Å². The maximum atomic E-state index is 12.1. The number of benzene rings is 2. The van der Waals surface area contributed by atoms with Gasteiger partial charge >= 0.3 is 0 Å². The minimum absolute atomic E-state index is 0.163. The highest BCUT2D eigenvalue weighted by Gasteiger charge is 2.22. The van der Waals surface area contributed by atoms with Crippen LogP contribution in [-0.4, -0.2) is 5.91 Å². The Labute approximate surface area is 125 Å². The summed E-state index contributed by atoms with van der Waals surface area (Å²) < 4.78 is 0. The third-order valence-electron chi connectivity index (χ3n) is 3.94. The molecule has 0 saturated heterocycles. The Hall–Kier alpha value is -2.29. The minimum atomic E-state index is 0.163. The van der Waals surface area contributed by atoms with Crippen molar-refractivity contribution in [1.82, 2.24) is 0 Å². The first kappa shape index (κ1) is 13.7. The number of para-hydroxylation sites is 1. The molecule has 1 aliphatic rings. The van der Waals surface area contributed by atoms with E-state index in [2.05, 4.69) is 10.6 Å². The molecule has 2 aromatic carbocycles. The van der Waals surface area contributed by atoms with Gasteiger partial charge in [-0.25, -0.2) is 0 Å². The summed E-state index contributed by atoms with van der Waals surface area (Å²) >= 11 is 0. The lowest BCUT2D eigenvalue weighted by molar-refractivity contribution is -0.119. The summed E-state index contributed by atoms with van der Waals surface area (Å²) in [4.78, 5) is 12.1. The normalized spacial score (nSPS) is 14.9. The SMILES string of the molecule is O=C(Nc1ccc(Nc2ccccc2)cc1)C1CCCC1. The first-order valence-electron chi connectivity index (χ1n) is 7.54. The lowest BCUT2D eigenvalue weighted by Crippen LogP contribution is -2.20. The van der Waals surface area contributed by atoms with Gasteiger partial charge in [0.1, 0.15) is 0 Å². The molecule has 21 heavy (non-hydrogen) atoms. The molecule has 1 amide bonds. The number of amides is 1. The van der Waals surface area contributed by atoms with Gasteiger partial charge in [0.15, 0.2) is 0 Å². The van der Waals surface area contributed by atoms with Gasteiger partial charge in [-0.15, -0.1) is 0 Å². The molecular weight excluding hydrogens is 260 g/mol. The van der Waals surface area contributed by atoms with Crippen LogP contribution in [0.15, 0.2) is 54.6 Å². The molecule has 2 aromatic rings. The molecule has 3 heteroatoms. The van der Waals surface area contributed by atoms with Crippen LogP contribution >= 0.6 is 0 Å². The fraction of sp³-hybridized carbons (Fsp3) is 0.278. The van der Waals surface area contributed by atoms with E-state index >= 15 is 0 Å². The van der Waals surface area contributed by atoms with Gasteiger partial charge in [-0.3, -0.25) is 4.79 Å². The highest BCUT2D eigenvalue weighted by atomic mass is 16.1. The van der Waals surface area contributed by atoms with Crippen LogP contribution in [0.5, 0.6) is 0 Å². The van der Waals surface area contributed by atoms with Gasteiger partial charge in [0.25, 0.3) is 0 Å². The second kappa shape index (κ2) is 6.44. The van der Waals surface area contributed by atoms with Crippen molar-refractivity contribution >= 4 is 23.0 Å². The van der Waals surface area contributed by atoms with E-state index in [4.69, 9.17) is 0 Å². The maximum absolute atomic E-state index is 12.1. The second-order valence-corrected chi connectivity index (χ2v) is 5.54. The molecule has 3 rings (SSSR count). The summed E-state index contributed by atoms with van der Waals surface area (Å²) in [5.41, 5.74) is 2.94. The lowest BCUT2D eigenvalue weighted by atomic mass is 10.1. The smallest absolute Gasteiger partial charge is 0.227 e. The summed E-state index contributed by atoms with van der Waals surface area (Å²) in [5.74, 6) is 0.364. The average Bonchev–Trinajstić information content (AvgIpc) is 3.05. The lowest BCUT2D eigenvalue weighted by Gasteiger charge is -2.11. The number of hydrogen-bond donors (Lipinski definition) is 2. The molecule has 1 saturated carbocycles. The standard InChI is InChI=1S/C18H20N2O/c21-18(14-6-4-5-7-14)20-17-12-10-16(11-13-17)19-15-8-2-1-3-9-15/h1-3,8-14,19H,4-7H2,(H,20,21). The number of carbonyl (C=O) groups excluding carboxylic acids is 1. The average molecular weight is 280 g/mol. The largest absolute Gasteiger partial charge is 0.356 e. The Balaban J connectivity index is 1.60. The zero-order valence-electron chi connectivity index (χ0n) is 12.0. The van der Waals surface area contributed by atoms with Crippen LogP contribution in [0.2, 0.25) is 0 Å². The van der Waals surface area contributed by atoms with Gasteiger partial charge < -0.3 is 10.6 Å². The first-order valence-corrected chi connectivity index (χ1v) is 7.54. The fourth-order valence-electron chi connectivity index (χ4n) is 2.76. The molecule has 0 radical (unpaired) electrons. The summed E-state index contributed by atoms with van der Waals surface area (Å²) in [6.07, 6.45) is 4.41. The molecule has 0 unspecified atom stereocenters. The molecule has 1 fully saturated rings. The van der Waals surface area contributed by atoms with Crippen molar-refractivity contribution in [3.63, 3.8) is 0 Å². The summed E-state index contributed by atoms with van der Waals surface area (Å²) in [6, 6.07) is 17.9. The zero-order chi connectivity index (χ0) is 14.5. The van der Waals surface area contributed by atoms with Gasteiger partial charge in [-0.1, -0.05) is 31.0 Å². The Bertz CT molecular complexity index is 586. The number of nitrogens with one attached hydrogen (secondary N) is 2. The molecule has 0 bridgehead atoms. The molecule has 0 aromatic heterocycles. The first-order chi connectivity index (χ1) is 10.3. The van der Waals surface area contributed by atoms with Gasteiger partial charge in [0.2, 0.25) is 5.91 Å². The van der Waals surface area contributed by atoms with E-state index in [0.29, 0.717) is 0 Å². The molecule has 0 aliphatic heterocycles. The van der Waals surface area contributed by atoms with Gasteiger partial charge in [-0.05, 0) is 49.2 Å². The van der Waals surface area contributed by atoms with Gasteiger partial charge in [-0.2, -0.15) is 0 Å². The molecule has 2 N–H and O–H groups in total. The van der Waals surface area contributed by atoms with Crippen LogP contribution in [0, 0.1) is 5.92 Å². The fourth-order valence-corrected chi connectivity index (χ4v) is 2.76. The third-order valence-corrected chi connectivity index (χ3v) is 3.94. The van der Waals surface area contributed by atoms with E-state index in [-0.39, 0.29) is 11.8 Å². The number of carbonyl (C=O) groups is 1. The Morgan fingerprint density at radius 3 is 2.05 bits per heavy atom. The molecule has 1 aliphatic carbocycles. The number of anilines is 3. The molecular formula is C18H20N2O. The summed E-state index contributed by atoms with van der Waals surface area (Å²) in [6.45, 7) is 0. The Morgan fingerprint density at radius 1 is 0.810 bits per heavy atom. The van der Waals surface area contributed by atoms with Gasteiger partial charge in [0, 0.05) is 23.0 Å². The van der Waals surface area contributed by atoms with Gasteiger partial charge in [0.05, 0.1) is 0 Å². The van der Waals surface area contributed by atoms with Crippen LogP contribution < -0.4 is 10.6 Å². The van der Waals surface area contributed by atoms with Crippen LogP contribution in [0.25, 0.3) is 0 Å². The highest BCUT2D eigenvalue weighted by Crippen LogP contribution is 2.26. The van der Waals surface area contributed by atoms with Crippen molar-refractivity contribution in [3.8, 4) is 0 Å². The molecule has 108 valence electrons. The molecule has 3 nitrogen and oxygen atoms in total. The predicted molar refractivity (Wildman–Crippen MR) is 86.8 cm³/mol. The minimum Gasteiger partial charge on any atom is -0.356 e. The van der Waals surface area contributed by atoms with Crippen LogP contribution in [-0.2, 0) is 4.79 Å². The van der Waals surface area contributed by atoms with Crippen LogP contribution in [0.1, 0.15) is 25.7 Å². The van der Waals surface area contributed by atoms with Crippen molar-refractivity contribution in [3.05, 3.63) is 54.6 Å². The van der Waals surface area contributed by atoms with E-state index < -0.39 is 0 Å². The Kier molecular flexibility index (Phi) is 4.20. The van der Waals surface area contributed by atoms with E-state index in [1.54, 1.807) is 0 Å². The van der Waals surface area contributed by atoms with Crippen LogP contribution in [0.3, 0.4) is 0 Å². The Morgan fingerprint density at radius 2 is 1.38 bits per heavy atom. The number of rotatable bonds is 4. The number of hydrogen-bond acceptors (Lipinski definition) is 2. The summed E-state index contributed by atoms with van der Waals surface area (Å²) in [5, 5.41) is 6.34. The van der Waals surface area contributed by atoms with Crippen molar-refractivity contribution < 1.29 is 4.79 Å². The quantitative estimate of drug-likeness (QED) is 0.862. The molecule has 0 heterocycles. The zero-order valence-corrected chi connectivity index (χ0v) is 12.0. The topological polar surface area (TPSA) is 41.1 Å². The van der Waals surface area contributed by atoms with E-state index in [1.165, 1.54) is 12.8 Å². The third kappa shape index (κ3) is 3.63.